The molecule has 0 fully saturated rings. The summed E-state index contributed by atoms with van der Waals surface area (Å²) in [5, 5.41) is 3.64. The molecular formula is C19H17NO3. The van der Waals surface area contributed by atoms with Gasteiger partial charge in [0.15, 0.2) is 6.29 Å². The van der Waals surface area contributed by atoms with Gasteiger partial charge in [0, 0.05) is 18.4 Å². The molecule has 0 aliphatic rings. The van der Waals surface area contributed by atoms with Crippen LogP contribution in [0.1, 0.15) is 34.3 Å². The molecule has 0 bridgehead atoms. The fourth-order valence-corrected chi connectivity index (χ4v) is 2.81. The summed E-state index contributed by atoms with van der Waals surface area (Å²) in [5.74, 6) is 0.176. The van der Waals surface area contributed by atoms with Gasteiger partial charge in [-0.15, -0.1) is 0 Å². The molecule has 0 radical (unpaired) electrons. The topological polar surface area (TPSA) is 59.3 Å². The predicted octanol–water partition coefficient (Wildman–Crippen LogP) is 3.80. The molecule has 0 aliphatic heterocycles. The molecule has 1 aromatic heterocycles. The minimum Gasteiger partial charge on any atom is -0.422 e. The Balaban J connectivity index is 2.17. The first kappa shape index (κ1) is 15.0. The standard InChI is InChI=1S/C19H17NO3/c1-12(13-6-4-3-5-7-13)14-8-9-15-17(10-14)23-19(22)16(11-21)18(15)20-2/h3-12,20H,1-2H3. The summed E-state index contributed by atoms with van der Waals surface area (Å²) < 4.78 is 5.33. The van der Waals surface area contributed by atoms with Crippen molar-refractivity contribution in [2.75, 3.05) is 12.4 Å². The van der Waals surface area contributed by atoms with Gasteiger partial charge in [-0.3, -0.25) is 4.79 Å². The quantitative estimate of drug-likeness (QED) is 0.588. The van der Waals surface area contributed by atoms with E-state index in [2.05, 4.69) is 24.4 Å². The second kappa shape index (κ2) is 6.08. The number of benzene rings is 2. The molecule has 1 heterocycles. The van der Waals surface area contributed by atoms with Crippen LogP contribution < -0.4 is 10.9 Å². The number of hydrogen-bond donors (Lipinski definition) is 1. The van der Waals surface area contributed by atoms with E-state index in [1.165, 1.54) is 5.56 Å². The Morgan fingerprint density at radius 2 is 1.83 bits per heavy atom. The summed E-state index contributed by atoms with van der Waals surface area (Å²) in [6.45, 7) is 2.10. The van der Waals surface area contributed by atoms with E-state index in [0.29, 0.717) is 17.6 Å². The van der Waals surface area contributed by atoms with Crippen molar-refractivity contribution in [3.05, 3.63) is 75.6 Å². The van der Waals surface area contributed by atoms with Crippen LogP contribution in [0.2, 0.25) is 0 Å². The summed E-state index contributed by atoms with van der Waals surface area (Å²) in [6, 6.07) is 15.9. The van der Waals surface area contributed by atoms with Crippen LogP contribution >= 0.6 is 0 Å². The number of nitrogens with one attached hydrogen (secondary N) is 1. The zero-order chi connectivity index (χ0) is 16.4. The molecule has 2 aromatic carbocycles. The summed E-state index contributed by atoms with van der Waals surface area (Å²) in [5.41, 5.74) is 2.61. The first-order chi connectivity index (χ1) is 11.2. The molecule has 116 valence electrons. The molecule has 3 rings (SSSR count). The van der Waals surface area contributed by atoms with Crippen LogP contribution in [-0.2, 0) is 0 Å². The van der Waals surface area contributed by atoms with Gasteiger partial charge in [0.05, 0.1) is 5.69 Å². The highest BCUT2D eigenvalue weighted by molar-refractivity contribution is 5.99. The van der Waals surface area contributed by atoms with Crippen molar-refractivity contribution in [2.45, 2.75) is 12.8 Å². The summed E-state index contributed by atoms with van der Waals surface area (Å²) in [4.78, 5) is 23.1. The highest BCUT2D eigenvalue weighted by Gasteiger charge is 2.15. The molecule has 1 unspecified atom stereocenters. The average molecular weight is 307 g/mol. The van der Waals surface area contributed by atoms with Crippen LogP contribution in [0.15, 0.2) is 57.7 Å². The van der Waals surface area contributed by atoms with Crippen molar-refractivity contribution >= 4 is 22.9 Å². The lowest BCUT2D eigenvalue weighted by Crippen LogP contribution is -2.11. The number of fused-ring (bicyclic) bond motifs is 1. The normalized spacial score (nSPS) is 12.1. The van der Waals surface area contributed by atoms with Crippen LogP contribution in [0, 0.1) is 0 Å². The van der Waals surface area contributed by atoms with E-state index >= 15 is 0 Å². The molecule has 3 aromatic rings. The first-order valence-corrected chi connectivity index (χ1v) is 7.44. The second-order valence-electron chi connectivity index (χ2n) is 5.43. The lowest BCUT2D eigenvalue weighted by atomic mass is 9.92. The highest BCUT2D eigenvalue weighted by atomic mass is 16.4. The lowest BCUT2D eigenvalue weighted by Gasteiger charge is -2.14. The number of aldehydes is 1. The SMILES string of the molecule is CNc1c(C=O)c(=O)oc2cc(C(C)c3ccccc3)ccc12. The van der Waals surface area contributed by atoms with E-state index in [1.54, 1.807) is 7.05 Å². The number of anilines is 1. The molecule has 0 aliphatic carbocycles. The van der Waals surface area contributed by atoms with Gasteiger partial charge in [-0.05, 0) is 23.3 Å². The van der Waals surface area contributed by atoms with Gasteiger partial charge in [0.1, 0.15) is 11.1 Å². The van der Waals surface area contributed by atoms with Gasteiger partial charge in [0.25, 0.3) is 0 Å². The lowest BCUT2D eigenvalue weighted by molar-refractivity contribution is 0.112. The van der Waals surface area contributed by atoms with Crippen LogP contribution in [0.5, 0.6) is 0 Å². The molecule has 0 amide bonds. The molecule has 1 atom stereocenters. The largest absolute Gasteiger partial charge is 0.422 e. The highest BCUT2D eigenvalue weighted by Crippen LogP contribution is 2.30. The first-order valence-electron chi connectivity index (χ1n) is 7.44. The molecule has 23 heavy (non-hydrogen) atoms. The Kier molecular flexibility index (Phi) is 3.98. The van der Waals surface area contributed by atoms with Gasteiger partial charge in [-0.1, -0.05) is 43.3 Å². The van der Waals surface area contributed by atoms with Gasteiger partial charge in [-0.25, -0.2) is 4.79 Å². The predicted molar refractivity (Wildman–Crippen MR) is 91.4 cm³/mol. The Bertz CT molecular complexity index is 913. The molecule has 0 saturated heterocycles. The number of carbonyl (C=O) groups is 1. The molecule has 4 nitrogen and oxygen atoms in total. The van der Waals surface area contributed by atoms with Crippen molar-refractivity contribution < 1.29 is 9.21 Å². The Morgan fingerprint density at radius 3 is 2.48 bits per heavy atom. The van der Waals surface area contributed by atoms with Crippen molar-refractivity contribution in [3.8, 4) is 0 Å². The number of carbonyl (C=O) groups excluding carboxylic acids is 1. The Morgan fingerprint density at radius 1 is 1.09 bits per heavy atom. The van der Waals surface area contributed by atoms with Crippen LogP contribution in [-0.4, -0.2) is 13.3 Å². The maximum atomic E-state index is 12.0. The van der Waals surface area contributed by atoms with E-state index < -0.39 is 5.63 Å². The molecule has 4 heteroatoms. The second-order valence-corrected chi connectivity index (χ2v) is 5.43. The third kappa shape index (κ3) is 2.63. The van der Waals surface area contributed by atoms with Gasteiger partial charge in [-0.2, -0.15) is 0 Å². The minimum absolute atomic E-state index is 0.0175. The molecule has 0 spiro atoms. The van der Waals surface area contributed by atoms with Crippen LogP contribution in [0.25, 0.3) is 11.0 Å². The van der Waals surface area contributed by atoms with E-state index in [1.807, 2.05) is 36.4 Å². The zero-order valence-corrected chi connectivity index (χ0v) is 13.0. The zero-order valence-electron chi connectivity index (χ0n) is 13.0. The van der Waals surface area contributed by atoms with Crippen molar-refractivity contribution in [2.24, 2.45) is 0 Å². The summed E-state index contributed by atoms with van der Waals surface area (Å²) in [7, 11) is 1.68. The fraction of sp³-hybridized carbons (Fsp3) is 0.158. The fourth-order valence-electron chi connectivity index (χ4n) is 2.81. The maximum Gasteiger partial charge on any atom is 0.349 e. The summed E-state index contributed by atoms with van der Waals surface area (Å²) >= 11 is 0. The van der Waals surface area contributed by atoms with E-state index in [0.717, 1.165) is 10.9 Å². The van der Waals surface area contributed by atoms with Crippen molar-refractivity contribution in [1.82, 2.24) is 0 Å². The van der Waals surface area contributed by atoms with E-state index in [4.69, 9.17) is 4.42 Å². The van der Waals surface area contributed by atoms with Gasteiger partial charge in [0.2, 0.25) is 0 Å². The number of rotatable bonds is 4. The average Bonchev–Trinajstić information content (AvgIpc) is 2.60. The van der Waals surface area contributed by atoms with Crippen LogP contribution in [0.3, 0.4) is 0 Å². The third-order valence-electron chi connectivity index (χ3n) is 4.13. The third-order valence-corrected chi connectivity index (χ3v) is 4.13. The minimum atomic E-state index is -0.624. The molecule has 1 N–H and O–H groups in total. The Hall–Kier alpha value is -2.88. The molecule has 0 saturated carbocycles. The van der Waals surface area contributed by atoms with E-state index in [9.17, 15) is 9.59 Å². The van der Waals surface area contributed by atoms with E-state index in [-0.39, 0.29) is 11.5 Å². The van der Waals surface area contributed by atoms with Gasteiger partial charge < -0.3 is 9.73 Å². The number of hydrogen-bond acceptors (Lipinski definition) is 4. The summed E-state index contributed by atoms with van der Waals surface area (Å²) in [6.07, 6.45) is 0.525. The van der Waals surface area contributed by atoms with Crippen molar-refractivity contribution in [3.63, 3.8) is 0 Å². The monoisotopic (exact) mass is 307 g/mol. The van der Waals surface area contributed by atoms with Crippen LogP contribution in [0.4, 0.5) is 5.69 Å². The maximum absolute atomic E-state index is 12.0. The Labute approximate surface area is 133 Å². The van der Waals surface area contributed by atoms with Gasteiger partial charge >= 0.3 is 5.63 Å². The molecular weight excluding hydrogens is 290 g/mol. The smallest absolute Gasteiger partial charge is 0.349 e. The van der Waals surface area contributed by atoms with Crippen molar-refractivity contribution in [1.29, 1.82) is 0 Å².